The van der Waals surface area contributed by atoms with Crippen LogP contribution in [0.3, 0.4) is 0 Å². The summed E-state index contributed by atoms with van der Waals surface area (Å²) < 4.78 is 39.0. The first-order chi connectivity index (χ1) is 8.72. The summed E-state index contributed by atoms with van der Waals surface area (Å²) in [6, 6.07) is 4.12. The number of hydrogen-bond acceptors (Lipinski definition) is 2. The van der Waals surface area contributed by atoms with Crippen LogP contribution in [0.1, 0.15) is 42.1 Å². The molecular formula is C13H15F3O3. The smallest absolute Gasteiger partial charge is 0.421 e. The van der Waals surface area contributed by atoms with E-state index in [1.165, 1.54) is 0 Å². The van der Waals surface area contributed by atoms with E-state index >= 15 is 0 Å². The molecule has 2 N–H and O–H groups in total. The van der Waals surface area contributed by atoms with Gasteiger partial charge >= 0.3 is 12.1 Å². The van der Waals surface area contributed by atoms with Crippen LogP contribution < -0.4 is 0 Å². The van der Waals surface area contributed by atoms with Crippen molar-refractivity contribution in [3.63, 3.8) is 0 Å². The van der Waals surface area contributed by atoms with Crippen molar-refractivity contribution in [3.8, 4) is 0 Å². The number of aromatic carboxylic acids is 1. The molecule has 1 aromatic rings. The lowest BCUT2D eigenvalue weighted by Crippen LogP contribution is -2.42. The van der Waals surface area contributed by atoms with E-state index in [0.29, 0.717) is 6.42 Å². The second-order valence-electron chi connectivity index (χ2n) is 4.34. The Balaban J connectivity index is 3.14. The van der Waals surface area contributed by atoms with Crippen molar-refractivity contribution in [3.05, 3.63) is 35.4 Å². The molecule has 1 rings (SSSR count). The molecule has 19 heavy (non-hydrogen) atoms. The monoisotopic (exact) mass is 276 g/mol. The Bertz CT molecular complexity index is 439. The second kappa shape index (κ2) is 5.61. The molecule has 1 atom stereocenters. The fourth-order valence-corrected chi connectivity index (χ4v) is 1.77. The Morgan fingerprint density at radius 3 is 2.11 bits per heavy atom. The fourth-order valence-electron chi connectivity index (χ4n) is 1.77. The van der Waals surface area contributed by atoms with Crippen LogP contribution in [-0.4, -0.2) is 22.4 Å². The van der Waals surface area contributed by atoms with Gasteiger partial charge < -0.3 is 10.2 Å². The topological polar surface area (TPSA) is 57.5 Å². The summed E-state index contributed by atoms with van der Waals surface area (Å²) in [6.07, 6.45) is -4.51. The van der Waals surface area contributed by atoms with Crippen molar-refractivity contribution in [1.29, 1.82) is 0 Å². The molecule has 0 fully saturated rings. The third-order valence-electron chi connectivity index (χ3n) is 2.97. The van der Waals surface area contributed by atoms with Crippen molar-refractivity contribution < 1.29 is 28.2 Å². The molecule has 6 heteroatoms. The van der Waals surface area contributed by atoms with Crippen LogP contribution >= 0.6 is 0 Å². The van der Waals surface area contributed by atoms with Gasteiger partial charge in [0.05, 0.1) is 5.56 Å². The number of aliphatic hydroxyl groups is 1. The van der Waals surface area contributed by atoms with Crippen LogP contribution in [0.5, 0.6) is 0 Å². The molecule has 0 saturated carbocycles. The molecule has 0 radical (unpaired) electrons. The average molecular weight is 276 g/mol. The Morgan fingerprint density at radius 1 is 1.21 bits per heavy atom. The number of hydrogen-bond donors (Lipinski definition) is 2. The molecule has 1 aromatic carbocycles. The average Bonchev–Trinajstić information content (AvgIpc) is 2.34. The second-order valence-corrected chi connectivity index (χ2v) is 4.34. The number of benzene rings is 1. The molecule has 0 aromatic heterocycles. The molecule has 0 amide bonds. The summed E-state index contributed by atoms with van der Waals surface area (Å²) in [6.45, 7) is 1.73. The number of carboxylic acid groups (broad SMARTS) is 1. The SMILES string of the molecule is CCCCC(O)(c1ccc(C(=O)O)cc1)C(F)(F)F. The van der Waals surface area contributed by atoms with Crippen LogP contribution in [0.4, 0.5) is 13.2 Å². The van der Waals surface area contributed by atoms with Gasteiger partial charge in [-0.3, -0.25) is 0 Å². The summed E-state index contributed by atoms with van der Waals surface area (Å²) >= 11 is 0. The number of rotatable bonds is 5. The van der Waals surface area contributed by atoms with Crippen LogP contribution in [0, 0.1) is 0 Å². The highest BCUT2D eigenvalue weighted by atomic mass is 19.4. The van der Waals surface area contributed by atoms with Crippen molar-refractivity contribution in [1.82, 2.24) is 0 Å². The van der Waals surface area contributed by atoms with Crippen molar-refractivity contribution >= 4 is 5.97 Å². The molecule has 0 spiro atoms. The number of carbonyl (C=O) groups is 1. The minimum Gasteiger partial charge on any atom is -0.478 e. The molecule has 106 valence electrons. The summed E-state index contributed by atoms with van der Waals surface area (Å²) in [4.78, 5) is 10.6. The maximum Gasteiger partial charge on any atom is 0.421 e. The van der Waals surface area contributed by atoms with Gasteiger partial charge in [-0.25, -0.2) is 4.79 Å². The van der Waals surface area contributed by atoms with Gasteiger partial charge in [0.15, 0.2) is 5.60 Å². The first-order valence-electron chi connectivity index (χ1n) is 5.85. The van der Waals surface area contributed by atoms with Gasteiger partial charge in [-0.15, -0.1) is 0 Å². The third-order valence-corrected chi connectivity index (χ3v) is 2.97. The van der Waals surface area contributed by atoms with Crippen molar-refractivity contribution in [2.24, 2.45) is 0 Å². The van der Waals surface area contributed by atoms with Crippen molar-refractivity contribution in [2.75, 3.05) is 0 Å². The largest absolute Gasteiger partial charge is 0.478 e. The van der Waals surface area contributed by atoms with Crippen molar-refractivity contribution in [2.45, 2.75) is 38.0 Å². The fraction of sp³-hybridized carbons (Fsp3) is 0.462. The molecule has 0 aliphatic heterocycles. The lowest BCUT2D eigenvalue weighted by Gasteiger charge is -2.31. The molecule has 0 bridgehead atoms. The zero-order valence-corrected chi connectivity index (χ0v) is 10.4. The van der Waals surface area contributed by atoms with Crippen LogP contribution in [0.2, 0.25) is 0 Å². The first kappa shape index (κ1) is 15.5. The third kappa shape index (κ3) is 3.26. The zero-order valence-electron chi connectivity index (χ0n) is 10.4. The van der Waals surface area contributed by atoms with Gasteiger partial charge in [0.25, 0.3) is 0 Å². The van der Waals surface area contributed by atoms with Crippen LogP contribution in [-0.2, 0) is 5.60 Å². The molecule has 3 nitrogen and oxygen atoms in total. The summed E-state index contributed by atoms with van der Waals surface area (Å²) in [7, 11) is 0. The standard InChI is InChI=1S/C13H15F3O3/c1-2-3-8-12(19,13(14,15)16)10-6-4-9(5-7-10)11(17)18/h4-7,19H,2-3,8H2,1H3,(H,17,18). The van der Waals surface area contributed by atoms with E-state index in [1.54, 1.807) is 6.92 Å². The Labute approximate surface area is 108 Å². The van der Waals surface area contributed by atoms with E-state index in [9.17, 15) is 23.1 Å². The van der Waals surface area contributed by atoms with Gasteiger partial charge in [0.1, 0.15) is 0 Å². The summed E-state index contributed by atoms with van der Waals surface area (Å²) in [5.41, 5.74) is -3.39. The maximum atomic E-state index is 13.0. The Morgan fingerprint density at radius 2 is 1.74 bits per heavy atom. The van der Waals surface area contributed by atoms with Gasteiger partial charge in [0, 0.05) is 0 Å². The predicted octanol–water partition coefficient (Wildman–Crippen LogP) is 3.32. The minimum atomic E-state index is -4.80. The maximum absolute atomic E-state index is 13.0. The minimum absolute atomic E-state index is 0.122. The van der Waals surface area contributed by atoms with Gasteiger partial charge in [0.2, 0.25) is 0 Å². The first-order valence-corrected chi connectivity index (χ1v) is 5.85. The number of halogens is 3. The molecule has 0 aliphatic rings. The molecule has 0 aliphatic carbocycles. The lowest BCUT2D eigenvalue weighted by molar-refractivity contribution is -0.269. The molecule has 0 heterocycles. The van der Waals surface area contributed by atoms with Gasteiger partial charge in [-0.2, -0.15) is 13.2 Å². The van der Waals surface area contributed by atoms with E-state index < -0.39 is 24.2 Å². The summed E-state index contributed by atoms with van der Waals surface area (Å²) in [5.74, 6) is -1.23. The molecule has 0 saturated heterocycles. The van der Waals surface area contributed by atoms with E-state index in [1.807, 2.05) is 0 Å². The highest BCUT2D eigenvalue weighted by Gasteiger charge is 2.54. The van der Waals surface area contributed by atoms with E-state index in [4.69, 9.17) is 5.11 Å². The zero-order chi connectivity index (χ0) is 14.7. The van der Waals surface area contributed by atoms with E-state index in [2.05, 4.69) is 0 Å². The van der Waals surface area contributed by atoms with Crippen LogP contribution in [0.15, 0.2) is 24.3 Å². The Hall–Kier alpha value is -1.56. The van der Waals surface area contributed by atoms with E-state index in [0.717, 1.165) is 24.3 Å². The predicted molar refractivity (Wildman–Crippen MR) is 62.9 cm³/mol. The van der Waals surface area contributed by atoms with Gasteiger partial charge in [-0.1, -0.05) is 31.9 Å². The number of carboxylic acids is 1. The normalized spacial score (nSPS) is 15.0. The number of unbranched alkanes of at least 4 members (excludes halogenated alkanes) is 1. The number of alkyl halides is 3. The highest BCUT2D eigenvalue weighted by Crippen LogP contribution is 2.42. The quantitative estimate of drug-likeness (QED) is 0.867. The van der Waals surface area contributed by atoms with Gasteiger partial charge in [-0.05, 0) is 24.1 Å². The highest BCUT2D eigenvalue weighted by molar-refractivity contribution is 5.87. The Kier molecular flexibility index (Phi) is 4.57. The van der Waals surface area contributed by atoms with E-state index in [-0.39, 0.29) is 17.5 Å². The molecule has 1 unspecified atom stereocenters. The molecular weight excluding hydrogens is 261 g/mol. The summed E-state index contributed by atoms with van der Waals surface area (Å²) in [5, 5.41) is 18.6. The lowest BCUT2D eigenvalue weighted by atomic mass is 9.87. The van der Waals surface area contributed by atoms with Crippen LogP contribution in [0.25, 0.3) is 0 Å².